The van der Waals surface area contributed by atoms with Gasteiger partial charge in [0, 0.05) is 36.9 Å². The van der Waals surface area contributed by atoms with Crippen molar-refractivity contribution in [3.63, 3.8) is 0 Å². The van der Waals surface area contributed by atoms with E-state index in [1.165, 1.54) is 70.2 Å². The summed E-state index contributed by atoms with van der Waals surface area (Å²) in [6.07, 6.45) is 0. The van der Waals surface area contributed by atoms with Gasteiger partial charge in [-0.2, -0.15) is 0 Å². The van der Waals surface area contributed by atoms with Crippen LogP contribution in [0.25, 0.3) is 87.7 Å². The van der Waals surface area contributed by atoms with Gasteiger partial charge in [0.25, 0.3) is 0 Å². The van der Waals surface area contributed by atoms with Crippen LogP contribution >= 0.6 is 11.3 Å². The van der Waals surface area contributed by atoms with Gasteiger partial charge in [-0.15, -0.1) is 11.3 Å². The van der Waals surface area contributed by atoms with Crippen molar-refractivity contribution in [2.75, 3.05) is 0 Å². The number of rotatable bonds is 7. The van der Waals surface area contributed by atoms with Crippen molar-refractivity contribution < 1.29 is 0 Å². The third-order valence-corrected chi connectivity index (χ3v) is 13.7. The molecule has 12 rings (SSSR count). The van der Waals surface area contributed by atoms with Crippen molar-refractivity contribution in [3.8, 4) is 67.5 Å². The lowest BCUT2D eigenvalue weighted by Gasteiger charge is -2.34. The van der Waals surface area contributed by atoms with E-state index in [-0.39, 0.29) is 0 Å². The Morgan fingerprint density at radius 1 is 0.290 bits per heavy atom. The molecule has 9 aromatic carbocycles. The van der Waals surface area contributed by atoms with Gasteiger partial charge in [-0.05, 0) is 67.8 Å². The van der Waals surface area contributed by atoms with E-state index in [1.807, 2.05) is 72.0 Å². The molecule has 62 heavy (non-hydrogen) atoms. The zero-order valence-electron chi connectivity index (χ0n) is 33.6. The number of hydrogen-bond acceptors (Lipinski definition) is 4. The Kier molecular flexibility index (Phi) is 8.58. The Labute approximate surface area is 364 Å². The molecule has 0 atom stereocenters. The fraction of sp³-hybridized carbons (Fsp3) is 0.0172. The van der Waals surface area contributed by atoms with Crippen molar-refractivity contribution in [1.29, 1.82) is 0 Å². The van der Waals surface area contributed by atoms with Gasteiger partial charge < -0.3 is 0 Å². The predicted molar refractivity (Wildman–Crippen MR) is 257 cm³/mol. The summed E-state index contributed by atoms with van der Waals surface area (Å²) in [5, 5.41) is 2.52. The maximum absolute atomic E-state index is 5.04. The van der Waals surface area contributed by atoms with Crippen molar-refractivity contribution in [2.45, 2.75) is 5.41 Å². The maximum atomic E-state index is 5.04. The second-order valence-electron chi connectivity index (χ2n) is 15.9. The average molecular weight is 808 g/mol. The van der Waals surface area contributed by atoms with Gasteiger partial charge in [-0.25, -0.2) is 15.0 Å². The molecule has 0 aliphatic heterocycles. The molecule has 0 N–H and O–H groups in total. The molecule has 0 amide bonds. The topological polar surface area (TPSA) is 38.7 Å². The van der Waals surface area contributed by atoms with E-state index < -0.39 is 5.41 Å². The van der Waals surface area contributed by atoms with E-state index in [9.17, 15) is 0 Å². The maximum Gasteiger partial charge on any atom is 0.164 e. The van der Waals surface area contributed by atoms with E-state index in [0.717, 1.165) is 22.3 Å². The Hall–Kier alpha value is -7.79. The molecule has 1 aliphatic carbocycles. The molecular formula is C58H37N3S. The summed E-state index contributed by atoms with van der Waals surface area (Å²) in [5.41, 5.74) is 14.9. The van der Waals surface area contributed by atoms with Crippen molar-refractivity contribution in [2.24, 2.45) is 0 Å². The highest BCUT2D eigenvalue weighted by molar-refractivity contribution is 7.26. The lowest BCUT2D eigenvalue weighted by molar-refractivity contribution is 0.769. The van der Waals surface area contributed by atoms with Crippen molar-refractivity contribution >= 4 is 31.5 Å². The van der Waals surface area contributed by atoms with Crippen LogP contribution in [0.1, 0.15) is 22.3 Å². The largest absolute Gasteiger partial charge is 0.208 e. The second kappa shape index (κ2) is 14.7. The van der Waals surface area contributed by atoms with E-state index in [0.29, 0.717) is 17.5 Å². The van der Waals surface area contributed by atoms with Crippen LogP contribution in [0.3, 0.4) is 0 Å². The zero-order valence-corrected chi connectivity index (χ0v) is 34.4. The summed E-state index contributed by atoms with van der Waals surface area (Å²) in [5.74, 6) is 1.95. The number of nitrogens with zero attached hydrogens (tertiary/aromatic N) is 3. The quantitative estimate of drug-likeness (QED) is 0.161. The molecule has 0 saturated heterocycles. The standard InChI is InChI=1S/C58H37N3S/c1-5-18-38(19-6-1)55-59-56(39-20-7-2-8-21-39)61-57(60-55)42-23-15-22-40(36-42)45-29-16-31-49-50-32-17-30-46(54(50)62-53(45)49)41-34-35-48-47-28-13-14-33-51(47)58(52(48)37-41,43-24-9-3-10-25-43)44-26-11-4-12-27-44/h1-37H. The Bertz CT molecular complexity index is 3350. The average Bonchev–Trinajstić information content (AvgIpc) is 3.89. The van der Waals surface area contributed by atoms with E-state index in [1.54, 1.807) is 0 Å². The summed E-state index contributed by atoms with van der Waals surface area (Å²) in [6.45, 7) is 0. The van der Waals surface area contributed by atoms with Crippen LogP contribution in [0.15, 0.2) is 224 Å². The van der Waals surface area contributed by atoms with Crippen molar-refractivity contribution in [1.82, 2.24) is 15.0 Å². The van der Waals surface area contributed by atoms with Crippen LogP contribution < -0.4 is 0 Å². The fourth-order valence-electron chi connectivity index (χ4n) is 9.65. The summed E-state index contributed by atoms with van der Waals surface area (Å²) >= 11 is 1.88. The van der Waals surface area contributed by atoms with Gasteiger partial charge in [0.05, 0.1) is 5.41 Å². The first-order chi connectivity index (χ1) is 30.7. The van der Waals surface area contributed by atoms with E-state index in [4.69, 9.17) is 15.0 Å². The number of benzene rings is 9. The first-order valence-electron chi connectivity index (χ1n) is 21.0. The highest BCUT2D eigenvalue weighted by Crippen LogP contribution is 2.57. The van der Waals surface area contributed by atoms with Gasteiger partial charge in [0.1, 0.15) is 0 Å². The molecule has 2 heterocycles. The molecule has 0 saturated carbocycles. The first kappa shape index (κ1) is 36.1. The number of fused-ring (bicyclic) bond motifs is 6. The molecule has 2 aromatic heterocycles. The lowest BCUT2D eigenvalue weighted by atomic mass is 9.67. The molecule has 0 fully saturated rings. The zero-order chi connectivity index (χ0) is 41.0. The minimum absolute atomic E-state index is 0.459. The molecule has 0 spiro atoms. The molecular weight excluding hydrogens is 771 g/mol. The van der Waals surface area contributed by atoms with Crippen LogP contribution in [0.2, 0.25) is 0 Å². The molecule has 4 heteroatoms. The molecule has 0 unspecified atom stereocenters. The minimum atomic E-state index is -0.459. The van der Waals surface area contributed by atoms with E-state index in [2.05, 4.69) is 164 Å². The molecule has 11 aromatic rings. The Morgan fingerprint density at radius 3 is 1.29 bits per heavy atom. The predicted octanol–water partition coefficient (Wildman–Crippen LogP) is 14.9. The molecule has 3 nitrogen and oxygen atoms in total. The first-order valence-corrected chi connectivity index (χ1v) is 21.8. The minimum Gasteiger partial charge on any atom is -0.208 e. The monoisotopic (exact) mass is 807 g/mol. The van der Waals surface area contributed by atoms with Gasteiger partial charge in [-0.3, -0.25) is 0 Å². The summed E-state index contributed by atoms with van der Waals surface area (Å²) in [6, 6.07) is 80.6. The third-order valence-electron chi connectivity index (χ3n) is 12.4. The fourth-order valence-corrected chi connectivity index (χ4v) is 11.0. The number of thiophene rings is 1. The van der Waals surface area contributed by atoms with E-state index >= 15 is 0 Å². The van der Waals surface area contributed by atoms with Gasteiger partial charge in [-0.1, -0.05) is 212 Å². The Balaban J connectivity index is 1.01. The normalized spacial score (nSPS) is 12.6. The summed E-state index contributed by atoms with van der Waals surface area (Å²) in [7, 11) is 0. The smallest absolute Gasteiger partial charge is 0.164 e. The number of aromatic nitrogens is 3. The summed E-state index contributed by atoms with van der Waals surface area (Å²) in [4.78, 5) is 15.0. The van der Waals surface area contributed by atoms with Gasteiger partial charge >= 0.3 is 0 Å². The van der Waals surface area contributed by atoms with Crippen molar-refractivity contribution in [3.05, 3.63) is 247 Å². The third kappa shape index (κ3) is 5.76. The number of hydrogen-bond donors (Lipinski definition) is 0. The Morgan fingerprint density at radius 2 is 0.710 bits per heavy atom. The molecule has 290 valence electrons. The van der Waals surface area contributed by atoms with Crippen LogP contribution in [0, 0.1) is 0 Å². The molecule has 0 radical (unpaired) electrons. The SMILES string of the molecule is c1ccc(-c2nc(-c3ccccc3)nc(-c3cccc(-c4cccc5c4sc4c(-c6ccc7c(c6)C(c6ccccc6)(c6ccccc6)c6ccccc6-7)cccc45)c3)n2)cc1. The van der Waals surface area contributed by atoms with Gasteiger partial charge in [0.15, 0.2) is 17.5 Å². The second-order valence-corrected chi connectivity index (χ2v) is 16.9. The molecule has 1 aliphatic rings. The molecule has 0 bridgehead atoms. The highest BCUT2D eigenvalue weighted by Gasteiger charge is 2.46. The lowest BCUT2D eigenvalue weighted by Crippen LogP contribution is -2.28. The van der Waals surface area contributed by atoms with Crippen LogP contribution in [-0.4, -0.2) is 15.0 Å². The van der Waals surface area contributed by atoms with Crippen LogP contribution in [-0.2, 0) is 5.41 Å². The van der Waals surface area contributed by atoms with Gasteiger partial charge in [0.2, 0.25) is 0 Å². The highest BCUT2D eigenvalue weighted by atomic mass is 32.1. The van der Waals surface area contributed by atoms with Crippen LogP contribution in [0.4, 0.5) is 0 Å². The van der Waals surface area contributed by atoms with Crippen LogP contribution in [0.5, 0.6) is 0 Å². The summed E-state index contributed by atoms with van der Waals surface area (Å²) < 4.78 is 2.54.